The number of carbonyl (C=O) groups is 1. The van der Waals surface area contributed by atoms with Crippen LogP contribution in [0.25, 0.3) is 21.9 Å². The Morgan fingerprint density at radius 3 is 2.82 bits per heavy atom. The van der Waals surface area contributed by atoms with Crippen molar-refractivity contribution < 1.29 is 4.79 Å². The van der Waals surface area contributed by atoms with Gasteiger partial charge in [0.2, 0.25) is 0 Å². The van der Waals surface area contributed by atoms with E-state index in [4.69, 9.17) is 0 Å². The van der Waals surface area contributed by atoms with E-state index >= 15 is 0 Å². The quantitative estimate of drug-likeness (QED) is 0.562. The zero-order chi connectivity index (χ0) is 19.5. The number of aromatic nitrogens is 4. The van der Waals surface area contributed by atoms with E-state index in [0.717, 1.165) is 22.1 Å². The van der Waals surface area contributed by atoms with Gasteiger partial charge in [0.15, 0.2) is 0 Å². The van der Waals surface area contributed by atoms with Crippen LogP contribution in [0.3, 0.4) is 0 Å². The molecule has 0 spiro atoms. The Morgan fingerprint density at radius 2 is 2.04 bits per heavy atom. The molecule has 0 saturated carbocycles. The van der Waals surface area contributed by atoms with Gasteiger partial charge in [-0.05, 0) is 36.2 Å². The van der Waals surface area contributed by atoms with Crippen LogP contribution in [0.2, 0.25) is 0 Å². The van der Waals surface area contributed by atoms with Crippen molar-refractivity contribution in [3.05, 3.63) is 82.5 Å². The van der Waals surface area contributed by atoms with Crippen LogP contribution in [0.4, 0.5) is 0 Å². The molecule has 0 bridgehead atoms. The van der Waals surface area contributed by atoms with E-state index in [1.807, 2.05) is 37.3 Å². The Bertz CT molecular complexity index is 1200. The third kappa shape index (κ3) is 3.42. The fraction of sp³-hybridized carbons (Fsp3) is 0.143. The number of H-pyrrole nitrogens is 1. The molecule has 2 N–H and O–H groups in total. The van der Waals surface area contributed by atoms with Crippen molar-refractivity contribution in [2.45, 2.75) is 13.5 Å². The van der Waals surface area contributed by atoms with Crippen molar-refractivity contribution in [3.8, 4) is 11.1 Å². The summed E-state index contributed by atoms with van der Waals surface area (Å²) in [4.78, 5) is 25.0. The lowest BCUT2D eigenvalue weighted by Gasteiger charge is -2.09. The second-order valence-electron chi connectivity index (χ2n) is 6.46. The minimum atomic E-state index is -0.175. The first kappa shape index (κ1) is 17.7. The molecule has 4 rings (SSSR count). The van der Waals surface area contributed by atoms with E-state index in [1.165, 1.54) is 4.68 Å². The Labute approximate surface area is 161 Å². The highest BCUT2D eigenvalue weighted by Crippen LogP contribution is 2.21. The number of amides is 1. The zero-order valence-electron chi connectivity index (χ0n) is 15.3. The summed E-state index contributed by atoms with van der Waals surface area (Å²) in [5, 5.41) is 15.2. The number of nitrogens with zero attached hydrogens (tertiary/aromatic N) is 3. The van der Waals surface area contributed by atoms with Crippen LogP contribution < -0.4 is 10.9 Å². The number of hydrogen-bond acceptors (Lipinski definition) is 4. The molecule has 7 nitrogen and oxygen atoms in total. The van der Waals surface area contributed by atoms with Gasteiger partial charge in [-0.3, -0.25) is 14.7 Å². The average Bonchev–Trinajstić information content (AvgIpc) is 3.25. The summed E-state index contributed by atoms with van der Waals surface area (Å²) in [5.74, 6) is -0.132. The number of carbonyl (C=O) groups excluding carboxylic acids is 1. The second kappa shape index (κ2) is 7.48. The lowest BCUT2D eigenvalue weighted by molar-refractivity contribution is 0.0955. The van der Waals surface area contributed by atoms with Crippen molar-refractivity contribution in [3.63, 3.8) is 0 Å². The number of fused-ring (bicyclic) bond motifs is 1. The molecule has 28 heavy (non-hydrogen) atoms. The summed E-state index contributed by atoms with van der Waals surface area (Å²) in [7, 11) is 0. The van der Waals surface area contributed by atoms with Crippen LogP contribution in [0.1, 0.15) is 22.8 Å². The molecule has 0 aliphatic carbocycles. The molecule has 2 heterocycles. The van der Waals surface area contributed by atoms with Crippen molar-refractivity contribution >= 4 is 16.7 Å². The summed E-state index contributed by atoms with van der Waals surface area (Å²) in [6.07, 6.45) is 5.19. The summed E-state index contributed by atoms with van der Waals surface area (Å²) in [5.41, 5.74) is 3.05. The van der Waals surface area contributed by atoms with Crippen LogP contribution in [0.15, 0.2) is 65.8 Å². The van der Waals surface area contributed by atoms with E-state index < -0.39 is 0 Å². The molecule has 0 fully saturated rings. The third-order valence-corrected chi connectivity index (χ3v) is 4.54. The first-order valence-corrected chi connectivity index (χ1v) is 9.02. The highest BCUT2D eigenvalue weighted by Gasteiger charge is 2.09. The largest absolute Gasteiger partial charge is 0.352 e. The smallest absolute Gasteiger partial charge is 0.274 e. The van der Waals surface area contributed by atoms with Gasteiger partial charge in [-0.2, -0.15) is 10.2 Å². The molecule has 0 saturated heterocycles. The molecule has 2 aromatic carbocycles. The molecule has 140 valence electrons. The number of rotatable bonds is 5. The Kier molecular flexibility index (Phi) is 4.72. The highest BCUT2D eigenvalue weighted by atomic mass is 16.1. The SMILES string of the molecule is CCNC(=O)c1cccc(Cn2ncc3ccc(-c4cn[nH]c4)cc3c2=O)c1. The van der Waals surface area contributed by atoms with Gasteiger partial charge in [0, 0.05) is 29.3 Å². The Balaban J connectivity index is 1.70. The molecular formula is C21H19N5O2. The van der Waals surface area contributed by atoms with Gasteiger partial charge in [-0.1, -0.05) is 24.3 Å². The summed E-state index contributed by atoms with van der Waals surface area (Å²) >= 11 is 0. The standard InChI is InChI=1S/C21H19N5O2/c1-2-22-20(27)16-5-3-4-14(8-16)13-26-21(28)19-9-15(18-10-23-24-11-18)6-7-17(19)12-25-26/h3-12H,2,13H2,1H3,(H,22,27)(H,23,24). The summed E-state index contributed by atoms with van der Waals surface area (Å²) in [6, 6.07) is 12.9. The topological polar surface area (TPSA) is 92.7 Å². The second-order valence-corrected chi connectivity index (χ2v) is 6.46. The van der Waals surface area contributed by atoms with Crippen LogP contribution in [0, 0.1) is 0 Å². The minimum absolute atomic E-state index is 0.132. The fourth-order valence-corrected chi connectivity index (χ4v) is 3.12. The van der Waals surface area contributed by atoms with E-state index in [0.29, 0.717) is 17.5 Å². The fourth-order valence-electron chi connectivity index (χ4n) is 3.12. The van der Waals surface area contributed by atoms with Crippen molar-refractivity contribution in [1.29, 1.82) is 0 Å². The summed E-state index contributed by atoms with van der Waals surface area (Å²) < 4.78 is 1.42. The number of aromatic amines is 1. The minimum Gasteiger partial charge on any atom is -0.352 e. The van der Waals surface area contributed by atoms with E-state index in [9.17, 15) is 9.59 Å². The molecule has 0 unspecified atom stereocenters. The lowest BCUT2D eigenvalue weighted by atomic mass is 10.1. The van der Waals surface area contributed by atoms with Crippen LogP contribution in [-0.2, 0) is 6.54 Å². The number of nitrogens with one attached hydrogen (secondary N) is 2. The van der Waals surface area contributed by atoms with Gasteiger partial charge >= 0.3 is 0 Å². The van der Waals surface area contributed by atoms with E-state index in [-0.39, 0.29) is 18.0 Å². The molecule has 4 aromatic rings. The predicted octanol–water partition coefficient (Wildman–Crippen LogP) is 2.58. The highest BCUT2D eigenvalue weighted by molar-refractivity contribution is 5.94. The van der Waals surface area contributed by atoms with Gasteiger partial charge in [0.05, 0.1) is 24.3 Å². The monoisotopic (exact) mass is 373 g/mol. The molecule has 0 aliphatic heterocycles. The van der Waals surface area contributed by atoms with Gasteiger partial charge in [-0.25, -0.2) is 4.68 Å². The maximum Gasteiger partial charge on any atom is 0.274 e. The maximum atomic E-state index is 13.0. The van der Waals surface area contributed by atoms with Gasteiger partial charge in [-0.15, -0.1) is 0 Å². The third-order valence-electron chi connectivity index (χ3n) is 4.54. The zero-order valence-corrected chi connectivity index (χ0v) is 15.3. The molecule has 0 atom stereocenters. The van der Waals surface area contributed by atoms with Crippen LogP contribution in [0.5, 0.6) is 0 Å². The van der Waals surface area contributed by atoms with Crippen molar-refractivity contribution in [1.82, 2.24) is 25.3 Å². The first-order chi connectivity index (χ1) is 13.7. The maximum absolute atomic E-state index is 13.0. The molecule has 0 radical (unpaired) electrons. The molecular weight excluding hydrogens is 354 g/mol. The van der Waals surface area contributed by atoms with Crippen LogP contribution >= 0.6 is 0 Å². The summed E-state index contributed by atoms with van der Waals surface area (Å²) in [6.45, 7) is 2.73. The van der Waals surface area contributed by atoms with Crippen molar-refractivity contribution in [2.24, 2.45) is 0 Å². The van der Waals surface area contributed by atoms with E-state index in [1.54, 1.807) is 30.7 Å². The lowest BCUT2D eigenvalue weighted by Crippen LogP contribution is -2.24. The molecule has 2 aromatic heterocycles. The van der Waals surface area contributed by atoms with Crippen molar-refractivity contribution in [2.75, 3.05) is 6.54 Å². The van der Waals surface area contributed by atoms with Gasteiger partial charge < -0.3 is 5.32 Å². The van der Waals surface area contributed by atoms with Crippen LogP contribution in [-0.4, -0.2) is 32.4 Å². The number of benzene rings is 2. The van der Waals surface area contributed by atoms with Gasteiger partial charge in [0.1, 0.15) is 0 Å². The Morgan fingerprint density at radius 1 is 1.14 bits per heavy atom. The molecule has 7 heteroatoms. The first-order valence-electron chi connectivity index (χ1n) is 9.02. The normalized spacial score (nSPS) is 10.9. The van der Waals surface area contributed by atoms with E-state index in [2.05, 4.69) is 20.6 Å². The predicted molar refractivity (Wildman–Crippen MR) is 107 cm³/mol. The molecule has 1 amide bonds. The average molecular weight is 373 g/mol. The number of hydrogen-bond donors (Lipinski definition) is 2. The Hall–Kier alpha value is -3.74. The van der Waals surface area contributed by atoms with Gasteiger partial charge in [0.25, 0.3) is 11.5 Å². The molecule has 0 aliphatic rings.